The number of piperidine rings is 1. The Morgan fingerprint density at radius 2 is 1.88 bits per heavy atom. The normalized spacial score (nSPS) is 16.6. The van der Waals surface area contributed by atoms with E-state index in [4.69, 9.17) is 0 Å². The zero-order chi connectivity index (χ0) is 10.7. The smallest absolute Gasteiger partial charge is 0.550 e. The molecular weight excluding hydrogens is 231 g/mol. The fourth-order valence-electron chi connectivity index (χ4n) is 1.93. The SMILES string of the molecule is O=C([O-])C1CCN(c2ccncc2)CC1.[K+]. The molecule has 1 aliphatic rings. The summed E-state index contributed by atoms with van der Waals surface area (Å²) in [5.41, 5.74) is 1.11. The van der Waals surface area contributed by atoms with Crippen molar-refractivity contribution in [3.05, 3.63) is 24.5 Å². The maximum atomic E-state index is 10.7. The van der Waals surface area contributed by atoms with Gasteiger partial charge < -0.3 is 14.8 Å². The number of carbonyl (C=O) groups excluding carboxylic acids is 1. The van der Waals surface area contributed by atoms with Crippen molar-refractivity contribution in [1.82, 2.24) is 4.98 Å². The van der Waals surface area contributed by atoms with E-state index >= 15 is 0 Å². The third-order valence-corrected chi connectivity index (χ3v) is 2.86. The zero-order valence-corrected chi connectivity index (χ0v) is 12.5. The number of hydrogen-bond acceptors (Lipinski definition) is 4. The minimum absolute atomic E-state index is 0. The molecular formula is C11H13KN2O2. The molecule has 5 heteroatoms. The summed E-state index contributed by atoms with van der Waals surface area (Å²) in [6.07, 6.45) is 4.84. The molecule has 0 radical (unpaired) electrons. The second-order valence-electron chi connectivity index (χ2n) is 3.79. The van der Waals surface area contributed by atoms with E-state index in [0.717, 1.165) is 18.8 Å². The van der Waals surface area contributed by atoms with Gasteiger partial charge in [0.2, 0.25) is 0 Å². The van der Waals surface area contributed by atoms with E-state index < -0.39 is 5.97 Å². The van der Waals surface area contributed by atoms with Crippen LogP contribution in [0.3, 0.4) is 0 Å². The summed E-state index contributed by atoms with van der Waals surface area (Å²) >= 11 is 0. The van der Waals surface area contributed by atoms with Gasteiger partial charge in [0.05, 0.1) is 0 Å². The van der Waals surface area contributed by atoms with Gasteiger partial charge in [0.25, 0.3) is 0 Å². The van der Waals surface area contributed by atoms with Crippen molar-refractivity contribution < 1.29 is 61.3 Å². The summed E-state index contributed by atoms with van der Waals surface area (Å²) in [6.45, 7) is 1.56. The number of hydrogen-bond donors (Lipinski definition) is 0. The van der Waals surface area contributed by atoms with Gasteiger partial charge in [-0.05, 0) is 25.0 Å². The monoisotopic (exact) mass is 244 g/mol. The molecule has 1 fully saturated rings. The van der Waals surface area contributed by atoms with Gasteiger partial charge in [-0.1, -0.05) is 0 Å². The molecule has 1 aliphatic heterocycles. The van der Waals surface area contributed by atoms with Gasteiger partial charge in [-0.3, -0.25) is 4.98 Å². The summed E-state index contributed by atoms with van der Waals surface area (Å²) in [5.74, 6) is -1.19. The van der Waals surface area contributed by atoms with E-state index in [2.05, 4.69) is 9.88 Å². The molecule has 1 aromatic rings. The van der Waals surface area contributed by atoms with Crippen molar-refractivity contribution in [3.63, 3.8) is 0 Å². The molecule has 0 amide bonds. The average molecular weight is 244 g/mol. The van der Waals surface area contributed by atoms with Crippen LogP contribution in [-0.2, 0) is 4.79 Å². The van der Waals surface area contributed by atoms with Crippen molar-refractivity contribution in [3.8, 4) is 0 Å². The Labute approximate surface area is 137 Å². The van der Waals surface area contributed by atoms with Crippen LogP contribution in [0.2, 0.25) is 0 Å². The Kier molecular flexibility index (Phi) is 5.92. The number of pyridine rings is 1. The van der Waals surface area contributed by atoms with Crippen molar-refractivity contribution in [2.45, 2.75) is 12.8 Å². The Balaban J connectivity index is 0.00000128. The van der Waals surface area contributed by atoms with Crippen LogP contribution in [0, 0.1) is 5.92 Å². The number of carboxylic acids is 1. The first kappa shape index (κ1) is 14.1. The van der Waals surface area contributed by atoms with Crippen LogP contribution in [0.4, 0.5) is 5.69 Å². The van der Waals surface area contributed by atoms with Gasteiger partial charge in [0.15, 0.2) is 0 Å². The number of carbonyl (C=O) groups is 1. The summed E-state index contributed by atoms with van der Waals surface area (Å²) in [5, 5.41) is 10.7. The molecule has 0 saturated carbocycles. The molecule has 2 heterocycles. The van der Waals surface area contributed by atoms with Crippen LogP contribution in [0.1, 0.15) is 12.8 Å². The van der Waals surface area contributed by atoms with Gasteiger partial charge in [-0.15, -0.1) is 0 Å². The van der Waals surface area contributed by atoms with Crippen molar-refractivity contribution in [2.75, 3.05) is 18.0 Å². The Morgan fingerprint density at radius 1 is 1.31 bits per heavy atom. The van der Waals surface area contributed by atoms with Gasteiger partial charge in [-0.2, -0.15) is 0 Å². The topological polar surface area (TPSA) is 56.3 Å². The molecule has 4 nitrogen and oxygen atoms in total. The van der Waals surface area contributed by atoms with Crippen LogP contribution in [0.5, 0.6) is 0 Å². The molecule has 1 aromatic heterocycles. The minimum atomic E-state index is -0.913. The quantitative estimate of drug-likeness (QED) is 0.522. The molecule has 0 aliphatic carbocycles. The molecule has 0 spiro atoms. The van der Waals surface area contributed by atoms with Crippen LogP contribution in [0.15, 0.2) is 24.5 Å². The van der Waals surface area contributed by atoms with E-state index in [9.17, 15) is 9.90 Å². The second-order valence-corrected chi connectivity index (χ2v) is 3.79. The van der Waals surface area contributed by atoms with Crippen molar-refractivity contribution in [2.24, 2.45) is 5.92 Å². The number of nitrogens with zero attached hydrogens (tertiary/aromatic N) is 2. The summed E-state index contributed by atoms with van der Waals surface area (Å²) in [7, 11) is 0. The fraction of sp³-hybridized carbons (Fsp3) is 0.455. The molecule has 80 valence electrons. The third kappa shape index (κ3) is 3.53. The number of aliphatic carboxylic acids is 1. The van der Waals surface area contributed by atoms with Gasteiger partial charge in [0, 0.05) is 43.1 Å². The first-order valence-electron chi connectivity index (χ1n) is 5.13. The van der Waals surface area contributed by atoms with E-state index in [0.29, 0.717) is 12.8 Å². The first-order chi connectivity index (χ1) is 7.27. The van der Waals surface area contributed by atoms with Crippen LogP contribution >= 0.6 is 0 Å². The predicted molar refractivity (Wildman–Crippen MR) is 54.2 cm³/mol. The number of anilines is 1. The van der Waals surface area contributed by atoms with Gasteiger partial charge in [-0.25, -0.2) is 0 Å². The second kappa shape index (κ2) is 6.71. The van der Waals surface area contributed by atoms with Crippen molar-refractivity contribution in [1.29, 1.82) is 0 Å². The standard InChI is InChI=1S/C11H14N2O2.K/c14-11(15)9-3-7-13(8-4-9)10-1-5-12-6-2-10;/h1-2,5-6,9H,3-4,7-8H2,(H,14,15);/q;+1/p-1. The maximum Gasteiger partial charge on any atom is 1.00 e. The van der Waals surface area contributed by atoms with Gasteiger partial charge >= 0.3 is 51.4 Å². The molecule has 1 saturated heterocycles. The molecule has 16 heavy (non-hydrogen) atoms. The van der Waals surface area contributed by atoms with E-state index in [1.54, 1.807) is 12.4 Å². The third-order valence-electron chi connectivity index (χ3n) is 2.86. The zero-order valence-electron chi connectivity index (χ0n) is 9.43. The van der Waals surface area contributed by atoms with Crippen LogP contribution in [-0.4, -0.2) is 24.0 Å². The molecule has 2 rings (SSSR count). The summed E-state index contributed by atoms with van der Waals surface area (Å²) in [6, 6.07) is 3.89. The molecule has 0 atom stereocenters. The van der Waals surface area contributed by atoms with E-state index in [1.807, 2.05) is 12.1 Å². The number of carboxylic acid groups (broad SMARTS) is 1. The first-order valence-corrected chi connectivity index (χ1v) is 5.13. The number of aromatic nitrogens is 1. The van der Waals surface area contributed by atoms with E-state index in [-0.39, 0.29) is 57.3 Å². The van der Waals surface area contributed by atoms with Crippen LogP contribution < -0.4 is 61.4 Å². The van der Waals surface area contributed by atoms with Crippen LogP contribution in [0.25, 0.3) is 0 Å². The average Bonchev–Trinajstić information content (AvgIpc) is 2.30. The minimum Gasteiger partial charge on any atom is -0.550 e. The molecule has 0 aromatic carbocycles. The summed E-state index contributed by atoms with van der Waals surface area (Å²) < 4.78 is 0. The predicted octanol–water partition coefficient (Wildman–Crippen LogP) is -2.95. The number of rotatable bonds is 2. The Morgan fingerprint density at radius 3 is 2.38 bits per heavy atom. The summed E-state index contributed by atoms with van der Waals surface area (Å²) in [4.78, 5) is 16.8. The molecule has 0 N–H and O–H groups in total. The van der Waals surface area contributed by atoms with Crippen molar-refractivity contribution >= 4 is 11.7 Å². The van der Waals surface area contributed by atoms with Gasteiger partial charge in [0.1, 0.15) is 0 Å². The largest absolute Gasteiger partial charge is 1.00 e. The Bertz CT molecular complexity index is 337. The Hall–Kier alpha value is 0.0564. The van der Waals surface area contributed by atoms with E-state index in [1.165, 1.54) is 0 Å². The maximum absolute atomic E-state index is 10.7. The molecule has 0 bridgehead atoms. The molecule has 0 unspecified atom stereocenters. The fourth-order valence-corrected chi connectivity index (χ4v) is 1.93.